The van der Waals surface area contributed by atoms with Crippen LogP contribution in [0.5, 0.6) is 0 Å². The van der Waals surface area contributed by atoms with E-state index in [1.54, 1.807) is 0 Å². The highest BCUT2D eigenvalue weighted by Gasteiger charge is 2.14. The van der Waals surface area contributed by atoms with Gasteiger partial charge in [0.2, 0.25) is 0 Å². The van der Waals surface area contributed by atoms with Crippen molar-refractivity contribution in [2.24, 2.45) is 5.92 Å². The molecular formula is C11H17N3. The van der Waals surface area contributed by atoms with Crippen molar-refractivity contribution < 1.29 is 0 Å². The molecule has 0 amide bonds. The van der Waals surface area contributed by atoms with Crippen LogP contribution in [0.2, 0.25) is 0 Å². The fourth-order valence-electron chi connectivity index (χ4n) is 1.87. The maximum atomic E-state index is 4.34. The van der Waals surface area contributed by atoms with Crippen LogP contribution in [0.15, 0.2) is 12.4 Å². The third-order valence-electron chi connectivity index (χ3n) is 2.76. The van der Waals surface area contributed by atoms with Crippen molar-refractivity contribution in [2.75, 3.05) is 13.1 Å². The van der Waals surface area contributed by atoms with Crippen LogP contribution in [0, 0.1) is 12.8 Å². The van der Waals surface area contributed by atoms with Gasteiger partial charge in [0.05, 0.1) is 0 Å². The smallest absolute Gasteiger partial charge is 0.128 e. The molecule has 3 nitrogen and oxygen atoms in total. The normalized spacial score (nSPS) is 18.4. The lowest BCUT2D eigenvalue weighted by molar-refractivity contribution is 0.367. The van der Waals surface area contributed by atoms with Crippen molar-refractivity contribution in [1.29, 1.82) is 0 Å². The SMILES string of the molecule is Cc1cnc(CC2CCNCC2)nc1. The largest absolute Gasteiger partial charge is 0.317 e. The minimum absolute atomic E-state index is 0.777. The van der Waals surface area contributed by atoms with Gasteiger partial charge in [0, 0.05) is 18.8 Å². The van der Waals surface area contributed by atoms with Gasteiger partial charge < -0.3 is 5.32 Å². The molecule has 0 radical (unpaired) electrons. The fraction of sp³-hybridized carbons (Fsp3) is 0.636. The van der Waals surface area contributed by atoms with Gasteiger partial charge in [0.25, 0.3) is 0 Å². The number of nitrogens with one attached hydrogen (secondary N) is 1. The van der Waals surface area contributed by atoms with Crippen LogP contribution < -0.4 is 5.32 Å². The molecule has 2 rings (SSSR count). The highest BCUT2D eigenvalue weighted by atomic mass is 14.9. The van der Waals surface area contributed by atoms with Gasteiger partial charge in [-0.1, -0.05) is 0 Å². The first-order chi connectivity index (χ1) is 6.84. The summed E-state index contributed by atoms with van der Waals surface area (Å²) >= 11 is 0. The number of aryl methyl sites for hydroxylation is 1. The van der Waals surface area contributed by atoms with E-state index in [2.05, 4.69) is 15.3 Å². The predicted octanol–water partition coefficient (Wildman–Crippen LogP) is 1.33. The molecule has 3 heteroatoms. The molecule has 0 bridgehead atoms. The summed E-state index contributed by atoms with van der Waals surface area (Å²) in [6, 6.07) is 0. The Balaban J connectivity index is 1.92. The summed E-state index contributed by atoms with van der Waals surface area (Å²) in [6.07, 6.45) is 7.38. The van der Waals surface area contributed by atoms with Gasteiger partial charge in [-0.15, -0.1) is 0 Å². The van der Waals surface area contributed by atoms with Gasteiger partial charge >= 0.3 is 0 Å². The molecule has 1 aliphatic heterocycles. The summed E-state index contributed by atoms with van der Waals surface area (Å²) in [5.41, 5.74) is 1.14. The Labute approximate surface area is 85.0 Å². The Morgan fingerprint density at radius 1 is 1.29 bits per heavy atom. The Morgan fingerprint density at radius 3 is 2.57 bits per heavy atom. The number of hydrogen-bond donors (Lipinski definition) is 1. The molecule has 1 saturated heterocycles. The first-order valence-corrected chi connectivity index (χ1v) is 5.33. The third kappa shape index (κ3) is 2.51. The van der Waals surface area contributed by atoms with Crippen molar-refractivity contribution in [2.45, 2.75) is 26.2 Å². The van der Waals surface area contributed by atoms with E-state index in [4.69, 9.17) is 0 Å². The number of piperidine rings is 1. The van der Waals surface area contributed by atoms with Gasteiger partial charge in [-0.2, -0.15) is 0 Å². The van der Waals surface area contributed by atoms with Crippen LogP contribution >= 0.6 is 0 Å². The third-order valence-corrected chi connectivity index (χ3v) is 2.76. The fourth-order valence-corrected chi connectivity index (χ4v) is 1.87. The van der Waals surface area contributed by atoms with Crippen LogP contribution in [-0.2, 0) is 6.42 Å². The molecule has 0 spiro atoms. The molecule has 0 saturated carbocycles. The molecule has 0 unspecified atom stereocenters. The van der Waals surface area contributed by atoms with Crippen LogP contribution in [0.1, 0.15) is 24.2 Å². The zero-order chi connectivity index (χ0) is 9.80. The zero-order valence-electron chi connectivity index (χ0n) is 8.66. The summed E-state index contributed by atoms with van der Waals surface area (Å²) < 4.78 is 0. The van der Waals surface area contributed by atoms with Crippen molar-refractivity contribution >= 4 is 0 Å². The molecule has 14 heavy (non-hydrogen) atoms. The van der Waals surface area contributed by atoms with E-state index in [0.29, 0.717) is 0 Å². The molecule has 1 N–H and O–H groups in total. The summed E-state index contributed by atoms with van der Waals surface area (Å²) in [6.45, 7) is 4.32. The average molecular weight is 191 g/mol. The van der Waals surface area contributed by atoms with Crippen molar-refractivity contribution in [3.8, 4) is 0 Å². The van der Waals surface area contributed by atoms with Crippen molar-refractivity contribution in [1.82, 2.24) is 15.3 Å². The lowest BCUT2D eigenvalue weighted by Crippen LogP contribution is -2.29. The number of aromatic nitrogens is 2. The van der Waals surface area contributed by atoms with E-state index in [0.717, 1.165) is 36.8 Å². The van der Waals surface area contributed by atoms with E-state index in [-0.39, 0.29) is 0 Å². The first kappa shape index (κ1) is 9.59. The van der Waals surface area contributed by atoms with Crippen LogP contribution in [0.25, 0.3) is 0 Å². The maximum Gasteiger partial charge on any atom is 0.128 e. The Kier molecular flexibility index (Phi) is 3.09. The Bertz CT molecular complexity index is 275. The molecular weight excluding hydrogens is 174 g/mol. The van der Waals surface area contributed by atoms with Crippen LogP contribution in [0.3, 0.4) is 0 Å². The summed E-state index contributed by atoms with van der Waals surface area (Å²) in [5, 5.41) is 3.37. The van der Waals surface area contributed by atoms with Gasteiger partial charge in [0.1, 0.15) is 5.82 Å². The van der Waals surface area contributed by atoms with E-state index >= 15 is 0 Å². The molecule has 0 aromatic carbocycles. The Hall–Kier alpha value is -0.960. The highest BCUT2D eigenvalue weighted by Crippen LogP contribution is 2.15. The lowest BCUT2D eigenvalue weighted by atomic mass is 9.94. The summed E-state index contributed by atoms with van der Waals surface area (Å²) in [7, 11) is 0. The van der Waals surface area contributed by atoms with Gasteiger partial charge in [-0.3, -0.25) is 0 Å². The second-order valence-electron chi connectivity index (χ2n) is 4.07. The van der Waals surface area contributed by atoms with Crippen molar-refractivity contribution in [3.05, 3.63) is 23.8 Å². The number of nitrogens with zero attached hydrogens (tertiary/aromatic N) is 2. The van der Waals surface area contributed by atoms with Crippen LogP contribution in [-0.4, -0.2) is 23.1 Å². The highest BCUT2D eigenvalue weighted by molar-refractivity contribution is 5.02. The Morgan fingerprint density at radius 2 is 1.93 bits per heavy atom. The molecule has 1 aromatic heterocycles. The number of rotatable bonds is 2. The topological polar surface area (TPSA) is 37.8 Å². The second-order valence-corrected chi connectivity index (χ2v) is 4.07. The molecule has 2 heterocycles. The van der Waals surface area contributed by atoms with Gasteiger partial charge in [-0.25, -0.2) is 9.97 Å². The van der Waals surface area contributed by atoms with E-state index in [1.807, 2.05) is 19.3 Å². The molecule has 0 aliphatic carbocycles. The standard InChI is InChI=1S/C11H17N3/c1-9-7-13-11(14-8-9)6-10-2-4-12-5-3-10/h7-8,10,12H,2-6H2,1H3. The lowest BCUT2D eigenvalue weighted by Gasteiger charge is -2.21. The first-order valence-electron chi connectivity index (χ1n) is 5.33. The van der Waals surface area contributed by atoms with Crippen molar-refractivity contribution in [3.63, 3.8) is 0 Å². The van der Waals surface area contributed by atoms with Gasteiger partial charge in [-0.05, 0) is 44.3 Å². The molecule has 1 aliphatic rings. The molecule has 1 fully saturated rings. The maximum absolute atomic E-state index is 4.34. The zero-order valence-corrected chi connectivity index (χ0v) is 8.66. The minimum atomic E-state index is 0.777. The monoisotopic (exact) mass is 191 g/mol. The summed E-state index contributed by atoms with van der Waals surface area (Å²) in [5.74, 6) is 1.78. The van der Waals surface area contributed by atoms with Gasteiger partial charge in [0.15, 0.2) is 0 Å². The molecule has 1 aromatic rings. The minimum Gasteiger partial charge on any atom is -0.317 e. The molecule has 76 valence electrons. The number of hydrogen-bond acceptors (Lipinski definition) is 3. The average Bonchev–Trinajstić information content (AvgIpc) is 2.23. The molecule has 0 atom stereocenters. The van der Waals surface area contributed by atoms with Crippen LogP contribution in [0.4, 0.5) is 0 Å². The van der Waals surface area contributed by atoms with E-state index < -0.39 is 0 Å². The second kappa shape index (κ2) is 4.51. The summed E-state index contributed by atoms with van der Waals surface area (Å²) in [4.78, 5) is 8.68. The quantitative estimate of drug-likeness (QED) is 0.766. The van der Waals surface area contributed by atoms with E-state index in [1.165, 1.54) is 12.8 Å². The van der Waals surface area contributed by atoms with E-state index in [9.17, 15) is 0 Å². The predicted molar refractivity (Wildman–Crippen MR) is 56.1 cm³/mol.